The molecule has 0 aliphatic carbocycles. The number of carbonyl (C=O) groups is 1. The summed E-state index contributed by atoms with van der Waals surface area (Å²) in [5.74, 6) is -0.0877. The third kappa shape index (κ3) is 5.27. The number of aromatic nitrogens is 4. The van der Waals surface area contributed by atoms with Gasteiger partial charge in [-0.15, -0.1) is 0 Å². The van der Waals surface area contributed by atoms with Crippen LogP contribution in [0.5, 0.6) is 0 Å². The molecule has 7 heteroatoms. The summed E-state index contributed by atoms with van der Waals surface area (Å²) in [4.78, 5) is 25.2. The van der Waals surface area contributed by atoms with Crippen LogP contribution in [0, 0.1) is 0 Å². The molecule has 0 aliphatic heterocycles. The average molecular weight is 491 g/mol. The monoisotopic (exact) mass is 490 g/mol. The number of benzene rings is 2. The fraction of sp³-hybridized carbons (Fsp3) is 0.200. The molecule has 5 rings (SSSR count). The summed E-state index contributed by atoms with van der Waals surface area (Å²) in [5.41, 5.74) is 5.12. The van der Waals surface area contributed by atoms with Crippen LogP contribution in [0.3, 0.4) is 0 Å². The van der Waals surface area contributed by atoms with Gasteiger partial charge in [-0.2, -0.15) is 5.10 Å². The molecule has 0 saturated heterocycles. The van der Waals surface area contributed by atoms with E-state index in [0.717, 1.165) is 29.1 Å². The zero-order valence-corrected chi connectivity index (χ0v) is 21.3. The van der Waals surface area contributed by atoms with E-state index in [1.54, 1.807) is 23.0 Å². The van der Waals surface area contributed by atoms with Crippen molar-refractivity contribution in [2.24, 2.45) is 0 Å². The quantitative estimate of drug-likeness (QED) is 0.311. The van der Waals surface area contributed by atoms with Crippen molar-refractivity contribution >= 4 is 17.2 Å². The maximum atomic E-state index is 13.9. The molecule has 0 saturated carbocycles. The van der Waals surface area contributed by atoms with Crippen LogP contribution in [-0.2, 0) is 0 Å². The van der Waals surface area contributed by atoms with Gasteiger partial charge in [0, 0.05) is 41.3 Å². The van der Waals surface area contributed by atoms with Crippen LogP contribution in [0.25, 0.3) is 28.2 Å². The number of anilines is 1. The molecule has 0 aliphatic rings. The van der Waals surface area contributed by atoms with Crippen LogP contribution < -0.4 is 10.2 Å². The number of hydrogen-bond donors (Lipinski definition) is 1. The Hall–Kier alpha value is -4.36. The molecule has 37 heavy (non-hydrogen) atoms. The van der Waals surface area contributed by atoms with Crippen molar-refractivity contribution in [3.63, 3.8) is 0 Å². The lowest BCUT2D eigenvalue weighted by molar-refractivity contribution is 0.0979. The Morgan fingerprint density at radius 3 is 2.43 bits per heavy atom. The molecule has 7 nitrogen and oxygen atoms in total. The third-order valence-electron chi connectivity index (χ3n) is 6.24. The molecule has 3 aromatic heterocycles. The number of para-hydroxylation sites is 1. The molecule has 0 spiro atoms. The van der Waals surface area contributed by atoms with Gasteiger partial charge in [-0.25, -0.2) is 9.50 Å². The van der Waals surface area contributed by atoms with Crippen molar-refractivity contribution in [2.75, 3.05) is 18.0 Å². The standard InChI is InChI=1S/C30H30N6O/c1-4-32-30(2,3)21-35(24-13-9-6-10-14-24)29(37)23-15-17-31-27(19-23)25-20-33-36-18-16-26(34-28(25)36)22-11-7-5-8-12-22/h5-20,32H,4,21H2,1-3H3. The molecule has 3 heterocycles. The number of nitrogens with one attached hydrogen (secondary N) is 1. The maximum absolute atomic E-state index is 13.9. The summed E-state index contributed by atoms with van der Waals surface area (Å²) in [5, 5.41) is 7.94. The van der Waals surface area contributed by atoms with Gasteiger partial charge >= 0.3 is 0 Å². The fourth-order valence-corrected chi connectivity index (χ4v) is 4.50. The lowest BCUT2D eigenvalue weighted by atomic mass is 10.0. The molecule has 1 N–H and O–H groups in total. The predicted octanol–water partition coefficient (Wildman–Crippen LogP) is 5.49. The molecule has 0 unspecified atom stereocenters. The van der Waals surface area contributed by atoms with E-state index in [-0.39, 0.29) is 11.4 Å². The zero-order valence-electron chi connectivity index (χ0n) is 21.3. The van der Waals surface area contributed by atoms with Gasteiger partial charge in [-0.05, 0) is 50.7 Å². The van der Waals surface area contributed by atoms with E-state index < -0.39 is 0 Å². The Morgan fingerprint density at radius 1 is 0.973 bits per heavy atom. The molecule has 0 atom stereocenters. The van der Waals surface area contributed by atoms with Crippen molar-refractivity contribution in [3.05, 3.63) is 103 Å². The topological polar surface area (TPSA) is 75.4 Å². The fourth-order valence-electron chi connectivity index (χ4n) is 4.50. The molecule has 5 aromatic rings. The summed E-state index contributed by atoms with van der Waals surface area (Å²) in [7, 11) is 0. The second kappa shape index (κ2) is 10.3. The number of pyridine rings is 1. The second-order valence-electron chi connectivity index (χ2n) is 9.58. The zero-order chi connectivity index (χ0) is 25.8. The van der Waals surface area contributed by atoms with Gasteiger partial charge in [0.1, 0.15) is 0 Å². The molecule has 186 valence electrons. The average Bonchev–Trinajstić information content (AvgIpc) is 3.36. The molecule has 0 fully saturated rings. The van der Waals surface area contributed by atoms with Gasteiger partial charge in [0.2, 0.25) is 0 Å². The van der Waals surface area contributed by atoms with Crippen molar-refractivity contribution in [3.8, 4) is 22.5 Å². The number of fused-ring (bicyclic) bond motifs is 1. The van der Waals surface area contributed by atoms with Gasteiger partial charge in [0.15, 0.2) is 5.65 Å². The minimum Gasteiger partial charge on any atom is -0.310 e. The normalized spacial score (nSPS) is 11.5. The number of amides is 1. The van der Waals surface area contributed by atoms with Crippen LogP contribution in [0.2, 0.25) is 0 Å². The SMILES string of the molecule is CCNC(C)(C)CN(C(=O)c1ccnc(-c2cnn3ccc(-c4ccccc4)nc23)c1)c1ccccc1. The molecule has 2 aromatic carbocycles. The van der Waals surface area contributed by atoms with Gasteiger partial charge < -0.3 is 10.2 Å². The number of nitrogens with zero attached hydrogens (tertiary/aromatic N) is 5. The minimum atomic E-state index is -0.268. The molecular formula is C30H30N6O. The molecule has 0 radical (unpaired) electrons. The maximum Gasteiger partial charge on any atom is 0.258 e. The molecule has 1 amide bonds. The largest absolute Gasteiger partial charge is 0.310 e. The van der Waals surface area contributed by atoms with Crippen molar-refractivity contribution < 1.29 is 4.79 Å². The highest BCUT2D eigenvalue weighted by Crippen LogP contribution is 2.26. The first kappa shape index (κ1) is 24.3. The summed E-state index contributed by atoms with van der Waals surface area (Å²) < 4.78 is 1.73. The van der Waals surface area contributed by atoms with Crippen LogP contribution in [0.1, 0.15) is 31.1 Å². The Kier molecular flexibility index (Phi) is 6.79. The summed E-state index contributed by atoms with van der Waals surface area (Å²) >= 11 is 0. The van der Waals surface area contributed by atoms with Crippen molar-refractivity contribution in [1.82, 2.24) is 24.9 Å². The second-order valence-corrected chi connectivity index (χ2v) is 9.58. The Bertz CT molecular complexity index is 1510. The molecule has 0 bridgehead atoms. The number of rotatable bonds is 8. The van der Waals surface area contributed by atoms with E-state index in [2.05, 4.69) is 36.2 Å². The van der Waals surface area contributed by atoms with E-state index in [9.17, 15) is 4.79 Å². The highest BCUT2D eigenvalue weighted by atomic mass is 16.2. The van der Waals surface area contributed by atoms with Crippen LogP contribution in [0.4, 0.5) is 5.69 Å². The molecular weight excluding hydrogens is 460 g/mol. The van der Waals surface area contributed by atoms with E-state index in [4.69, 9.17) is 4.98 Å². The lowest BCUT2D eigenvalue weighted by Crippen LogP contribution is -2.51. The third-order valence-corrected chi connectivity index (χ3v) is 6.24. The van der Waals surface area contributed by atoms with E-state index in [1.165, 1.54) is 0 Å². The van der Waals surface area contributed by atoms with E-state index in [1.807, 2.05) is 83.9 Å². The summed E-state index contributed by atoms with van der Waals surface area (Å²) in [6, 6.07) is 25.3. The van der Waals surface area contributed by atoms with Gasteiger partial charge in [-0.1, -0.05) is 55.5 Å². The predicted molar refractivity (Wildman–Crippen MR) is 148 cm³/mol. The van der Waals surface area contributed by atoms with Crippen LogP contribution >= 0.6 is 0 Å². The Labute approximate surface area is 216 Å². The summed E-state index contributed by atoms with van der Waals surface area (Å²) in [6.45, 7) is 7.61. The number of likely N-dealkylation sites (N-methyl/N-ethyl adjacent to an activating group) is 1. The van der Waals surface area contributed by atoms with Crippen molar-refractivity contribution in [2.45, 2.75) is 26.3 Å². The summed E-state index contributed by atoms with van der Waals surface area (Å²) in [6.07, 6.45) is 5.31. The first-order chi connectivity index (χ1) is 17.9. The highest BCUT2D eigenvalue weighted by Gasteiger charge is 2.26. The number of carbonyl (C=O) groups excluding carboxylic acids is 1. The smallest absolute Gasteiger partial charge is 0.258 e. The van der Waals surface area contributed by atoms with Gasteiger partial charge in [0.25, 0.3) is 5.91 Å². The van der Waals surface area contributed by atoms with E-state index in [0.29, 0.717) is 23.4 Å². The highest BCUT2D eigenvalue weighted by molar-refractivity contribution is 6.06. The minimum absolute atomic E-state index is 0.0877. The van der Waals surface area contributed by atoms with Crippen LogP contribution in [0.15, 0.2) is 97.5 Å². The van der Waals surface area contributed by atoms with E-state index >= 15 is 0 Å². The first-order valence-corrected chi connectivity index (χ1v) is 12.4. The Balaban J connectivity index is 1.52. The number of hydrogen-bond acceptors (Lipinski definition) is 5. The lowest BCUT2D eigenvalue weighted by Gasteiger charge is -2.33. The van der Waals surface area contributed by atoms with Crippen LogP contribution in [-0.4, -0.2) is 44.1 Å². The first-order valence-electron chi connectivity index (χ1n) is 12.4. The van der Waals surface area contributed by atoms with Gasteiger partial charge in [0.05, 0.1) is 23.1 Å². The van der Waals surface area contributed by atoms with Gasteiger partial charge in [-0.3, -0.25) is 9.78 Å². The Morgan fingerprint density at radius 2 is 1.70 bits per heavy atom. The van der Waals surface area contributed by atoms with Crippen molar-refractivity contribution in [1.29, 1.82) is 0 Å².